The summed E-state index contributed by atoms with van der Waals surface area (Å²) < 4.78 is 6.62. The number of nitro benzene ring substituents is 1. The molecular formula is C20H15BrClN3O3. The van der Waals surface area contributed by atoms with E-state index in [1.807, 2.05) is 42.5 Å². The first-order chi connectivity index (χ1) is 13.5. The minimum Gasteiger partial charge on any atom is -0.488 e. The normalized spacial score (nSPS) is 10.8. The van der Waals surface area contributed by atoms with E-state index in [2.05, 4.69) is 26.5 Å². The van der Waals surface area contributed by atoms with E-state index in [0.29, 0.717) is 17.3 Å². The highest BCUT2D eigenvalue weighted by Crippen LogP contribution is 2.26. The second-order valence-corrected chi connectivity index (χ2v) is 7.07. The number of non-ortho nitro benzene ring substituents is 1. The van der Waals surface area contributed by atoms with E-state index in [0.717, 1.165) is 21.3 Å². The maximum atomic E-state index is 10.6. The van der Waals surface area contributed by atoms with E-state index in [9.17, 15) is 10.1 Å². The summed E-state index contributed by atoms with van der Waals surface area (Å²) in [5.74, 6) is 0.718. The molecule has 0 saturated carbocycles. The van der Waals surface area contributed by atoms with Crippen molar-refractivity contribution < 1.29 is 9.66 Å². The van der Waals surface area contributed by atoms with Gasteiger partial charge in [0.2, 0.25) is 0 Å². The first kappa shape index (κ1) is 19.9. The van der Waals surface area contributed by atoms with Crippen LogP contribution >= 0.6 is 27.5 Å². The summed E-state index contributed by atoms with van der Waals surface area (Å²) in [5.41, 5.74) is 5.41. The van der Waals surface area contributed by atoms with Crippen LogP contribution in [0.4, 0.5) is 11.4 Å². The van der Waals surface area contributed by atoms with Crippen LogP contribution in [-0.2, 0) is 6.61 Å². The monoisotopic (exact) mass is 459 g/mol. The van der Waals surface area contributed by atoms with Crippen molar-refractivity contribution in [3.63, 3.8) is 0 Å². The van der Waals surface area contributed by atoms with Gasteiger partial charge in [-0.15, -0.1) is 0 Å². The van der Waals surface area contributed by atoms with E-state index >= 15 is 0 Å². The molecule has 0 aromatic heterocycles. The summed E-state index contributed by atoms with van der Waals surface area (Å²) in [7, 11) is 0. The van der Waals surface area contributed by atoms with Crippen molar-refractivity contribution >= 4 is 45.1 Å². The van der Waals surface area contributed by atoms with Crippen LogP contribution in [-0.4, -0.2) is 11.1 Å². The molecule has 0 spiro atoms. The van der Waals surface area contributed by atoms with Crippen LogP contribution in [0.15, 0.2) is 76.3 Å². The molecule has 0 aliphatic rings. The van der Waals surface area contributed by atoms with Gasteiger partial charge in [-0.25, -0.2) is 0 Å². The van der Waals surface area contributed by atoms with E-state index in [4.69, 9.17) is 16.3 Å². The highest BCUT2D eigenvalue weighted by atomic mass is 79.9. The lowest BCUT2D eigenvalue weighted by molar-refractivity contribution is -0.384. The van der Waals surface area contributed by atoms with E-state index in [-0.39, 0.29) is 5.69 Å². The van der Waals surface area contributed by atoms with Crippen molar-refractivity contribution in [1.82, 2.24) is 0 Å². The van der Waals surface area contributed by atoms with Crippen LogP contribution in [0.2, 0.25) is 5.02 Å². The molecule has 0 heterocycles. The van der Waals surface area contributed by atoms with Crippen molar-refractivity contribution in [3.05, 3.63) is 97.5 Å². The summed E-state index contributed by atoms with van der Waals surface area (Å²) in [4.78, 5) is 10.2. The van der Waals surface area contributed by atoms with Gasteiger partial charge in [-0.05, 0) is 69.5 Å². The van der Waals surface area contributed by atoms with Crippen molar-refractivity contribution in [1.29, 1.82) is 0 Å². The van der Waals surface area contributed by atoms with Gasteiger partial charge in [-0.2, -0.15) is 5.10 Å². The molecule has 1 N–H and O–H groups in total. The van der Waals surface area contributed by atoms with Gasteiger partial charge in [0, 0.05) is 17.2 Å². The molecule has 3 aromatic carbocycles. The molecule has 6 nitrogen and oxygen atoms in total. The zero-order chi connectivity index (χ0) is 19.9. The van der Waals surface area contributed by atoms with Gasteiger partial charge in [-0.3, -0.25) is 15.5 Å². The summed E-state index contributed by atoms with van der Waals surface area (Å²) in [5, 5.41) is 15.5. The number of benzene rings is 3. The first-order valence-electron chi connectivity index (χ1n) is 8.21. The third kappa shape index (κ3) is 5.55. The van der Waals surface area contributed by atoms with Gasteiger partial charge in [0.25, 0.3) is 5.69 Å². The first-order valence-corrected chi connectivity index (χ1v) is 9.39. The predicted octanol–water partition coefficient (Wildman–Crippen LogP) is 6.04. The third-order valence-corrected chi connectivity index (χ3v) is 4.62. The van der Waals surface area contributed by atoms with Crippen molar-refractivity contribution in [2.24, 2.45) is 5.10 Å². The lowest BCUT2D eigenvalue weighted by atomic mass is 10.2. The van der Waals surface area contributed by atoms with Gasteiger partial charge >= 0.3 is 0 Å². The number of nitrogens with one attached hydrogen (secondary N) is 1. The van der Waals surface area contributed by atoms with Crippen LogP contribution in [0.1, 0.15) is 11.1 Å². The van der Waals surface area contributed by atoms with E-state index in [1.165, 1.54) is 12.1 Å². The van der Waals surface area contributed by atoms with Crippen molar-refractivity contribution in [2.75, 3.05) is 5.43 Å². The minimum atomic E-state index is -0.443. The topological polar surface area (TPSA) is 76.8 Å². The number of nitro groups is 1. The Balaban J connectivity index is 1.57. The Hall–Kier alpha value is -2.90. The van der Waals surface area contributed by atoms with Gasteiger partial charge in [0.15, 0.2) is 0 Å². The number of ether oxygens (including phenoxy) is 1. The number of rotatable bonds is 7. The van der Waals surface area contributed by atoms with Gasteiger partial charge in [-0.1, -0.05) is 23.7 Å². The molecule has 0 atom stereocenters. The summed E-state index contributed by atoms with van der Waals surface area (Å²) in [6.07, 6.45) is 1.65. The Morgan fingerprint density at radius 3 is 2.46 bits per heavy atom. The van der Waals surface area contributed by atoms with E-state index in [1.54, 1.807) is 18.3 Å². The van der Waals surface area contributed by atoms with Gasteiger partial charge in [0.05, 0.1) is 21.3 Å². The fourth-order valence-electron chi connectivity index (χ4n) is 2.30. The van der Waals surface area contributed by atoms with Crippen molar-refractivity contribution in [2.45, 2.75) is 6.61 Å². The highest BCUT2D eigenvalue weighted by molar-refractivity contribution is 9.10. The Morgan fingerprint density at radius 2 is 1.82 bits per heavy atom. The standard InChI is InChI=1S/C20H15BrClN3O3/c21-19-11-15(12-23-24-17-6-8-18(9-7-17)25(26)27)3-10-20(19)28-13-14-1-4-16(22)5-2-14/h1-12,24H,13H2/b23-12+. The number of halogens is 2. The Kier molecular flexibility index (Phi) is 6.62. The fourth-order valence-corrected chi connectivity index (χ4v) is 2.93. The van der Waals surface area contributed by atoms with Crippen LogP contribution < -0.4 is 10.2 Å². The Bertz CT molecular complexity index is 993. The van der Waals surface area contributed by atoms with Crippen LogP contribution in [0.3, 0.4) is 0 Å². The number of hydrazone groups is 1. The molecule has 0 amide bonds. The van der Waals surface area contributed by atoms with Crippen LogP contribution in [0.25, 0.3) is 0 Å². The molecule has 0 aliphatic heterocycles. The summed E-state index contributed by atoms with van der Waals surface area (Å²) >= 11 is 9.38. The fraction of sp³-hybridized carbons (Fsp3) is 0.0500. The maximum absolute atomic E-state index is 10.6. The maximum Gasteiger partial charge on any atom is 0.269 e. The van der Waals surface area contributed by atoms with Crippen LogP contribution in [0.5, 0.6) is 5.75 Å². The highest BCUT2D eigenvalue weighted by Gasteiger charge is 2.04. The lowest BCUT2D eigenvalue weighted by Crippen LogP contribution is -1.97. The summed E-state index contributed by atoms with van der Waals surface area (Å²) in [6, 6.07) is 19.1. The average molecular weight is 461 g/mol. The number of nitrogens with zero attached hydrogens (tertiary/aromatic N) is 2. The SMILES string of the molecule is O=[N+]([O-])c1ccc(N/N=C/c2ccc(OCc3ccc(Cl)cc3)c(Br)c2)cc1. The van der Waals surface area contributed by atoms with Gasteiger partial charge < -0.3 is 4.74 Å². The molecule has 0 aliphatic carbocycles. The molecule has 3 rings (SSSR count). The molecule has 8 heteroatoms. The molecule has 0 saturated heterocycles. The minimum absolute atomic E-state index is 0.0349. The predicted molar refractivity (Wildman–Crippen MR) is 114 cm³/mol. The number of hydrogen-bond donors (Lipinski definition) is 1. The molecule has 28 heavy (non-hydrogen) atoms. The Labute approximate surface area is 175 Å². The molecule has 0 fully saturated rings. The largest absolute Gasteiger partial charge is 0.488 e. The third-order valence-electron chi connectivity index (χ3n) is 3.75. The van der Waals surface area contributed by atoms with Crippen molar-refractivity contribution in [3.8, 4) is 5.75 Å². The molecular weight excluding hydrogens is 446 g/mol. The van der Waals surface area contributed by atoms with Gasteiger partial charge in [0.1, 0.15) is 12.4 Å². The lowest BCUT2D eigenvalue weighted by Gasteiger charge is -2.09. The number of anilines is 1. The zero-order valence-corrected chi connectivity index (χ0v) is 16.9. The zero-order valence-electron chi connectivity index (χ0n) is 14.5. The second-order valence-electron chi connectivity index (χ2n) is 5.78. The number of hydrogen-bond acceptors (Lipinski definition) is 5. The smallest absolute Gasteiger partial charge is 0.269 e. The molecule has 3 aromatic rings. The summed E-state index contributed by atoms with van der Waals surface area (Å²) in [6.45, 7) is 0.435. The van der Waals surface area contributed by atoms with Crippen LogP contribution in [0, 0.1) is 10.1 Å². The average Bonchev–Trinajstić information content (AvgIpc) is 2.69. The molecule has 0 bridgehead atoms. The quantitative estimate of drug-likeness (QED) is 0.265. The molecule has 142 valence electrons. The molecule has 0 unspecified atom stereocenters. The Morgan fingerprint density at radius 1 is 1.11 bits per heavy atom. The molecule has 0 radical (unpaired) electrons. The van der Waals surface area contributed by atoms with E-state index < -0.39 is 4.92 Å². The second kappa shape index (κ2) is 9.34.